The second-order valence-electron chi connectivity index (χ2n) is 5.16. The molecule has 3 nitrogen and oxygen atoms in total. The Hall–Kier alpha value is -2.00. The number of hydrogen-bond donors (Lipinski definition) is 0. The summed E-state index contributed by atoms with van der Waals surface area (Å²) in [7, 11) is 1.29. The van der Waals surface area contributed by atoms with Crippen molar-refractivity contribution in [2.45, 2.75) is 32.6 Å². The Labute approximate surface area is 120 Å². The fourth-order valence-corrected chi connectivity index (χ4v) is 3.15. The molecule has 0 unspecified atom stereocenters. The third-order valence-electron chi connectivity index (χ3n) is 4.23. The van der Waals surface area contributed by atoms with Crippen LogP contribution in [0.5, 0.6) is 0 Å². The second-order valence-corrected chi connectivity index (χ2v) is 5.16. The number of carbonyl (C=O) groups is 2. The summed E-state index contributed by atoms with van der Waals surface area (Å²) < 4.78 is 4.86. The lowest BCUT2D eigenvalue weighted by Gasteiger charge is -2.31. The van der Waals surface area contributed by atoms with Gasteiger partial charge in [-0.2, -0.15) is 0 Å². The maximum atomic E-state index is 12.2. The van der Waals surface area contributed by atoms with Crippen molar-refractivity contribution in [2.24, 2.45) is 17.3 Å². The Balaban J connectivity index is 3.03. The van der Waals surface area contributed by atoms with E-state index >= 15 is 0 Å². The predicted molar refractivity (Wildman–Crippen MR) is 77.4 cm³/mol. The van der Waals surface area contributed by atoms with Crippen molar-refractivity contribution in [1.82, 2.24) is 0 Å². The molecule has 0 saturated heterocycles. The molecule has 2 atom stereocenters. The van der Waals surface area contributed by atoms with E-state index in [0.717, 1.165) is 6.42 Å². The number of Topliss-reactive ketones (excluding diaryl/α,β-unsaturated/α-hetero) is 1. The smallest absolute Gasteiger partial charge is 0.323 e. The molecule has 0 bridgehead atoms. The van der Waals surface area contributed by atoms with Gasteiger partial charge in [0.2, 0.25) is 0 Å². The normalized spacial score (nSPS) is 25.1. The standard InChI is InChI=1S/C17H20O3/c1-6-14(7-2)9-11-15-10-8-12(3)17(15,13(4)18)16(19)20-5/h1-2,14-15H,3,8-11H2,4-5H3/t15-,17+/m1/s1. The van der Waals surface area contributed by atoms with Crippen LogP contribution in [-0.4, -0.2) is 18.9 Å². The van der Waals surface area contributed by atoms with E-state index in [1.165, 1.54) is 14.0 Å². The molecule has 20 heavy (non-hydrogen) atoms. The molecular weight excluding hydrogens is 252 g/mol. The minimum Gasteiger partial charge on any atom is -0.468 e. The van der Waals surface area contributed by atoms with Crippen LogP contribution in [0.4, 0.5) is 0 Å². The van der Waals surface area contributed by atoms with Crippen LogP contribution in [0.1, 0.15) is 32.6 Å². The summed E-state index contributed by atoms with van der Waals surface area (Å²) in [5, 5.41) is 0. The summed E-state index contributed by atoms with van der Waals surface area (Å²) in [6.07, 6.45) is 13.3. The largest absolute Gasteiger partial charge is 0.468 e. The molecule has 0 amide bonds. The van der Waals surface area contributed by atoms with Crippen LogP contribution < -0.4 is 0 Å². The van der Waals surface area contributed by atoms with Crippen molar-refractivity contribution in [3.8, 4) is 24.7 Å². The summed E-state index contributed by atoms with van der Waals surface area (Å²) in [5.74, 6) is 3.92. The molecule has 0 spiro atoms. The van der Waals surface area contributed by atoms with Crippen LogP contribution in [0.2, 0.25) is 0 Å². The number of hydrogen-bond acceptors (Lipinski definition) is 3. The second kappa shape index (κ2) is 6.44. The molecule has 0 aromatic rings. The van der Waals surface area contributed by atoms with Gasteiger partial charge in [-0.1, -0.05) is 24.0 Å². The minimum atomic E-state index is -1.22. The lowest BCUT2D eigenvalue weighted by atomic mass is 9.70. The van der Waals surface area contributed by atoms with Crippen molar-refractivity contribution in [3.63, 3.8) is 0 Å². The number of esters is 1. The van der Waals surface area contributed by atoms with E-state index in [4.69, 9.17) is 17.6 Å². The molecule has 1 fully saturated rings. The Bertz CT molecular complexity index is 489. The third-order valence-corrected chi connectivity index (χ3v) is 4.23. The molecule has 0 aliphatic heterocycles. The van der Waals surface area contributed by atoms with Gasteiger partial charge in [0.1, 0.15) is 5.41 Å². The molecule has 0 N–H and O–H groups in total. The summed E-state index contributed by atoms with van der Waals surface area (Å²) in [4.78, 5) is 24.3. The molecule has 0 heterocycles. The highest BCUT2D eigenvalue weighted by Gasteiger charge is 2.55. The van der Waals surface area contributed by atoms with Crippen LogP contribution in [0.15, 0.2) is 12.2 Å². The molecule has 1 aliphatic carbocycles. The van der Waals surface area contributed by atoms with Crippen molar-refractivity contribution in [1.29, 1.82) is 0 Å². The first-order valence-corrected chi connectivity index (χ1v) is 6.65. The van der Waals surface area contributed by atoms with Crippen LogP contribution in [0.3, 0.4) is 0 Å². The minimum absolute atomic E-state index is 0.135. The Kier molecular flexibility index (Phi) is 5.17. The van der Waals surface area contributed by atoms with Gasteiger partial charge in [0.15, 0.2) is 5.78 Å². The van der Waals surface area contributed by atoms with Gasteiger partial charge in [-0.25, -0.2) is 0 Å². The molecule has 1 rings (SSSR count). The Morgan fingerprint density at radius 1 is 1.50 bits per heavy atom. The first kappa shape index (κ1) is 16.1. The topological polar surface area (TPSA) is 43.4 Å². The van der Waals surface area contributed by atoms with Gasteiger partial charge in [-0.05, 0) is 38.5 Å². The summed E-state index contributed by atoms with van der Waals surface area (Å²) in [6.45, 7) is 5.33. The molecule has 3 heteroatoms. The molecule has 1 aliphatic rings. The molecular formula is C17H20O3. The van der Waals surface area contributed by atoms with E-state index in [9.17, 15) is 9.59 Å². The zero-order valence-electron chi connectivity index (χ0n) is 12.1. The quantitative estimate of drug-likeness (QED) is 0.334. The number of ketones is 1. The summed E-state index contributed by atoms with van der Waals surface area (Å²) in [5.41, 5.74) is -0.581. The van der Waals surface area contributed by atoms with Crippen LogP contribution in [0.25, 0.3) is 0 Å². The average Bonchev–Trinajstić information content (AvgIpc) is 2.77. The van der Waals surface area contributed by atoms with Gasteiger partial charge < -0.3 is 4.74 Å². The van der Waals surface area contributed by atoms with Crippen LogP contribution in [0, 0.1) is 41.9 Å². The fraction of sp³-hybridized carbons (Fsp3) is 0.529. The number of rotatable bonds is 5. The molecule has 0 radical (unpaired) electrons. The lowest BCUT2D eigenvalue weighted by Crippen LogP contribution is -2.43. The third kappa shape index (κ3) is 2.49. The van der Waals surface area contributed by atoms with Crippen molar-refractivity contribution >= 4 is 11.8 Å². The zero-order chi connectivity index (χ0) is 15.3. The number of ether oxygens (including phenoxy) is 1. The predicted octanol–water partition coefficient (Wildman–Crippen LogP) is 2.36. The first-order chi connectivity index (χ1) is 9.44. The monoisotopic (exact) mass is 272 g/mol. The highest BCUT2D eigenvalue weighted by atomic mass is 16.5. The first-order valence-electron chi connectivity index (χ1n) is 6.65. The van der Waals surface area contributed by atoms with Gasteiger partial charge in [-0.3, -0.25) is 9.59 Å². The molecule has 0 aromatic carbocycles. The summed E-state index contributed by atoms with van der Waals surface area (Å²) in [6, 6.07) is 0. The van der Waals surface area contributed by atoms with Gasteiger partial charge in [0.05, 0.1) is 13.0 Å². The average molecular weight is 272 g/mol. The van der Waals surface area contributed by atoms with E-state index in [1.807, 2.05) is 0 Å². The number of terminal acetylenes is 2. The van der Waals surface area contributed by atoms with E-state index in [0.29, 0.717) is 24.8 Å². The molecule has 106 valence electrons. The maximum Gasteiger partial charge on any atom is 0.323 e. The van der Waals surface area contributed by atoms with E-state index in [-0.39, 0.29) is 17.6 Å². The SMILES string of the molecule is C#CC(C#C)CC[C@H]1CCC(=C)[C@@]1(C(C)=O)C(=O)OC. The molecule has 0 aromatic heterocycles. The van der Waals surface area contributed by atoms with Gasteiger partial charge in [0.25, 0.3) is 0 Å². The van der Waals surface area contributed by atoms with Crippen molar-refractivity contribution in [3.05, 3.63) is 12.2 Å². The molecule has 1 saturated carbocycles. The lowest BCUT2D eigenvalue weighted by molar-refractivity contribution is -0.157. The van der Waals surface area contributed by atoms with Crippen molar-refractivity contribution < 1.29 is 14.3 Å². The maximum absolute atomic E-state index is 12.2. The van der Waals surface area contributed by atoms with Gasteiger partial charge in [-0.15, -0.1) is 12.8 Å². The highest BCUT2D eigenvalue weighted by molar-refractivity contribution is 6.06. The van der Waals surface area contributed by atoms with Crippen molar-refractivity contribution in [2.75, 3.05) is 7.11 Å². The summed E-state index contributed by atoms with van der Waals surface area (Å²) >= 11 is 0. The highest BCUT2D eigenvalue weighted by Crippen LogP contribution is 2.50. The van der Waals surface area contributed by atoms with Gasteiger partial charge in [0, 0.05) is 0 Å². The number of methoxy groups -OCH3 is 1. The fourth-order valence-electron chi connectivity index (χ4n) is 3.15. The Morgan fingerprint density at radius 2 is 2.10 bits per heavy atom. The van der Waals surface area contributed by atoms with E-state index in [2.05, 4.69) is 18.4 Å². The van der Waals surface area contributed by atoms with E-state index < -0.39 is 11.4 Å². The van der Waals surface area contributed by atoms with Crippen LogP contribution in [-0.2, 0) is 14.3 Å². The van der Waals surface area contributed by atoms with Crippen LogP contribution >= 0.6 is 0 Å². The number of carbonyl (C=O) groups excluding carboxylic acids is 2. The Morgan fingerprint density at radius 3 is 2.55 bits per heavy atom. The van der Waals surface area contributed by atoms with Gasteiger partial charge >= 0.3 is 5.97 Å². The van der Waals surface area contributed by atoms with E-state index in [1.54, 1.807) is 0 Å². The zero-order valence-corrected chi connectivity index (χ0v) is 12.1.